The third-order valence-corrected chi connectivity index (χ3v) is 5.56. The molecule has 150 valence electrons. The van der Waals surface area contributed by atoms with Gasteiger partial charge in [-0.15, -0.1) is 0 Å². The van der Waals surface area contributed by atoms with E-state index in [4.69, 9.17) is 14.7 Å². The highest BCUT2D eigenvalue weighted by Crippen LogP contribution is 2.34. The molecule has 2 fully saturated rings. The minimum absolute atomic E-state index is 0.108. The molecule has 2 aliphatic rings. The van der Waals surface area contributed by atoms with E-state index in [2.05, 4.69) is 30.6 Å². The van der Waals surface area contributed by atoms with Gasteiger partial charge in [-0.1, -0.05) is 19.1 Å². The number of hydrogen-bond donors (Lipinski definition) is 1. The second kappa shape index (κ2) is 7.54. The van der Waals surface area contributed by atoms with Gasteiger partial charge in [0.1, 0.15) is 0 Å². The molecule has 3 heterocycles. The average Bonchev–Trinajstić information content (AvgIpc) is 2.65. The van der Waals surface area contributed by atoms with Crippen LogP contribution in [0.25, 0.3) is 11.0 Å². The van der Waals surface area contributed by atoms with Gasteiger partial charge in [-0.05, 0) is 38.3 Å². The number of carboxylic acids is 1. The van der Waals surface area contributed by atoms with Crippen molar-refractivity contribution in [2.45, 2.75) is 39.4 Å². The van der Waals surface area contributed by atoms with Gasteiger partial charge in [-0.25, -0.2) is 9.97 Å². The van der Waals surface area contributed by atoms with Crippen molar-refractivity contribution in [3.63, 3.8) is 0 Å². The van der Waals surface area contributed by atoms with E-state index in [-0.39, 0.29) is 18.1 Å². The van der Waals surface area contributed by atoms with Crippen LogP contribution in [0.5, 0.6) is 0 Å². The molecule has 2 aromatic rings. The predicted molar refractivity (Wildman–Crippen MR) is 109 cm³/mol. The lowest BCUT2D eigenvalue weighted by atomic mass is 9.90. The molecule has 4 rings (SSSR count). The lowest BCUT2D eigenvalue weighted by Gasteiger charge is -2.40. The van der Waals surface area contributed by atoms with Gasteiger partial charge in [0, 0.05) is 26.2 Å². The number of piperidine rings is 1. The summed E-state index contributed by atoms with van der Waals surface area (Å²) in [6, 6.07) is 7.86. The largest absolute Gasteiger partial charge is 0.481 e. The van der Waals surface area contributed by atoms with Crippen LogP contribution in [0.1, 0.15) is 27.2 Å². The zero-order valence-corrected chi connectivity index (χ0v) is 16.7. The van der Waals surface area contributed by atoms with E-state index in [9.17, 15) is 9.90 Å². The van der Waals surface area contributed by atoms with Crippen molar-refractivity contribution in [2.75, 3.05) is 36.0 Å². The third-order valence-electron chi connectivity index (χ3n) is 5.56. The van der Waals surface area contributed by atoms with Crippen LogP contribution in [0.15, 0.2) is 24.3 Å². The van der Waals surface area contributed by atoms with Gasteiger partial charge in [-0.3, -0.25) is 4.79 Å². The Hall–Kier alpha value is -2.41. The topological polar surface area (TPSA) is 78.8 Å². The zero-order valence-electron chi connectivity index (χ0n) is 16.7. The first kappa shape index (κ1) is 18.9. The first-order valence-corrected chi connectivity index (χ1v) is 10.1. The maximum atomic E-state index is 11.7. The Bertz CT molecular complexity index is 864. The standard InChI is InChI=1S/C21H28N4O3/c1-13-8-16(21(26)27)12-24(9-13)19-20(25-10-14(2)28-15(3)11-25)23-18-7-5-4-6-17(18)22-19/h4-7,13-16H,8-12H2,1-3H3,(H,26,27). The number of aromatic nitrogens is 2. The minimum atomic E-state index is -0.736. The van der Waals surface area contributed by atoms with Crippen molar-refractivity contribution < 1.29 is 14.6 Å². The monoisotopic (exact) mass is 384 g/mol. The quantitative estimate of drug-likeness (QED) is 0.872. The summed E-state index contributed by atoms with van der Waals surface area (Å²) in [6.45, 7) is 9.00. The van der Waals surface area contributed by atoms with Crippen LogP contribution in [0.4, 0.5) is 11.6 Å². The summed E-state index contributed by atoms with van der Waals surface area (Å²) in [6.07, 6.45) is 0.919. The Balaban J connectivity index is 1.78. The molecule has 0 amide bonds. The molecule has 7 heteroatoms. The number of benzene rings is 1. The molecule has 0 radical (unpaired) electrons. The molecule has 7 nitrogen and oxygen atoms in total. The van der Waals surface area contributed by atoms with Crippen LogP contribution < -0.4 is 9.80 Å². The fraction of sp³-hybridized carbons (Fsp3) is 0.571. The number of nitrogens with zero attached hydrogens (tertiary/aromatic N) is 4. The number of hydrogen-bond acceptors (Lipinski definition) is 6. The van der Waals surface area contributed by atoms with Gasteiger partial charge in [0.05, 0.1) is 29.2 Å². The Morgan fingerprint density at radius 3 is 2.04 bits per heavy atom. The van der Waals surface area contributed by atoms with Crippen LogP contribution in [0.3, 0.4) is 0 Å². The van der Waals surface area contributed by atoms with E-state index in [0.717, 1.165) is 42.3 Å². The Morgan fingerprint density at radius 2 is 1.50 bits per heavy atom. The van der Waals surface area contributed by atoms with Gasteiger partial charge in [0.15, 0.2) is 11.6 Å². The predicted octanol–water partition coefficient (Wildman–Crippen LogP) is 2.79. The summed E-state index contributed by atoms with van der Waals surface area (Å²) in [5, 5.41) is 9.59. The summed E-state index contributed by atoms with van der Waals surface area (Å²) < 4.78 is 5.90. The van der Waals surface area contributed by atoms with Gasteiger partial charge >= 0.3 is 5.97 Å². The molecular weight excluding hydrogens is 356 g/mol. The second-order valence-corrected chi connectivity index (χ2v) is 8.30. The maximum absolute atomic E-state index is 11.7. The van der Waals surface area contributed by atoms with Crippen LogP contribution in [-0.4, -0.2) is 59.4 Å². The number of para-hydroxylation sites is 2. The third kappa shape index (κ3) is 3.76. The fourth-order valence-electron chi connectivity index (χ4n) is 4.46. The molecule has 1 aromatic heterocycles. The smallest absolute Gasteiger partial charge is 0.308 e. The van der Waals surface area contributed by atoms with Crippen LogP contribution in [-0.2, 0) is 9.53 Å². The second-order valence-electron chi connectivity index (χ2n) is 8.30. The van der Waals surface area contributed by atoms with Crippen LogP contribution in [0, 0.1) is 11.8 Å². The van der Waals surface area contributed by atoms with Crippen molar-refractivity contribution in [1.29, 1.82) is 0 Å². The maximum Gasteiger partial charge on any atom is 0.308 e. The summed E-state index contributed by atoms with van der Waals surface area (Å²) in [5.74, 6) is 0.795. The van der Waals surface area contributed by atoms with Crippen molar-refractivity contribution in [1.82, 2.24) is 9.97 Å². The first-order chi connectivity index (χ1) is 13.4. The van der Waals surface area contributed by atoms with Crippen molar-refractivity contribution >= 4 is 28.6 Å². The molecule has 4 unspecified atom stereocenters. The molecular formula is C21H28N4O3. The normalized spacial score (nSPS) is 28.5. The minimum Gasteiger partial charge on any atom is -0.481 e. The number of morpholine rings is 1. The van der Waals surface area contributed by atoms with Gasteiger partial charge < -0.3 is 19.6 Å². The zero-order chi connectivity index (χ0) is 19.8. The van der Waals surface area contributed by atoms with Crippen LogP contribution in [0.2, 0.25) is 0 Å². The summed E-state index contributed by atoms with van der Waals surface area (Å²) in [4.78, 5) is 25.9. The number of carboxylic acid groups (broad SMARTS) is 1. The van der Waals surface area contributed by atoms with Crippen molar-refractivity contribution in [3.8, 4) is 0 Å². The number of carbonyl (C=O) groups is 1. The number of rotatable bonds is 3. The van der Waals surface area contributed by atoms with E-state index in [0.29, 0.717) is 18.9 Å². The lowest BCUT2D eigenvalue weighted by Crippen LogP contribution is -2.48. The van der Waals surface area contributed by atoms with Crippen molar-refractivity contribution in [2.24, 2.45) is 11.8 Å². The van der Waals surface area contributed by atoms with Gasteiger partial charge in [0.25, 0.3) is 0 Å². The molecule has 1 N–H and O–H groups in total. The molecule has 0 saturated carbocycles. The SMILES string of the molecule is CC1CC(C(=O)O)CN(c2nc3ccccc3nc2N2CC(C)OC(C)C2)C1. The van der Waals surface area contributed by atoms with E-state index < -0.39 is 5.97 Å². The summed E-state index contributed by atoms with van der Waals surface area (Å²) in [7, 11) is 0. The molecule has 0 aliphatic carbocycles. The molecule has 2 aliphatic heterocycles. The molecule has 0 bridgehead atoms. The molecule has 0 spiro atoms. The highest BCUT2D eigenvalue weighted by atomic mass is 16.5. The average molecular weight is 384 g/mol. The van der Waals surface area contributed by atoms with Crippen LogP contribution >= 0.6 is 0 Å². The van der Waals surface area contributed by atoms with Gasteiger partial charge in [0.2, 0.25) is 0 Å². The highest BCUT2D eigenvalue weighted by Gasteiger charge is 2.34. The number of anilines is 2. The molecule has 28 heavy (non-hydrogen) atoms. The highest BCUT2D eigenvalue weighted by molar-refractivity contribution is 5.81. The Labute approximate surface area is 165 Å². The lowest BCUT2D eigenvalue weighted by molar-refractivity contribution is -0.142. The number of ether oxygens (including phenoxy) is 1. The van der Waals surface area contributed by atoms with E-state index in [1.54, 1.807) is 0 Å². The first-order valence-electron chi connectivity index (χ1n) is 10.1. The Morgan fingerprint density at radius 1 is 0.964 bits per heavy atom. The Kier molecular flexibility index (Phi) is 5.10. The van der Waals surface area contributed by atoms with Gasteiger partial charge in [-0.2, -0.15) is 0 Å². The van der Waals surface area contributed by atoms with E-state index in [1.165, 1.54) is 0 Å². The molecule has 4 atom stereocenters. The number of fused-ring (bicyclic) bond motifs is 1. The fourth-order valence-corrected chi connectivity index (χ4v) is 4.46. The molecule has 1 aromatic carbocycles. The van der Waals surface area contributed by atoms with Crippen molar-refractivity contribution in [3.05, 3.63) is 24.3 Å². The summed E-state index contributed by atoms with van der Waals surface area (Å²) >= 11 is 0. The summed E-state index contributed by atoms with van der Waals surface area (Å²) in [5.41, 5.74) is 1.69. The number of aliphatic carboxylic acids is 1. The van der Waals surface area contributed by atoms with E-state index in [1.807, 2.05) is 24.3 Å². The van der Waals surface area contributed by atoms with E-state index >= 15 is 0 Å². The molecule has 2 saturated heterocycles.